The monoisotopic (exact) mass is 305 g/mol. The van der Waals surface area contributed by atoms with Crippen LogP contribution in [0, 0.1) is 0 Å². The summed E-state index contributed by atoms with van der Waals surface area (Å²) in [6, 6.07) is 5.60. The molecule has 22 heavy (non-hydrogen) atoms. The van der Waals surface area contributed by atoms with E-state index in [1.54, 1.807) is 6.07 Å². The minimum absolute atomic E-state index is 0.395. The standard InChI is InChI=1S/C16H24BNO4/c1-15(2)16(3,4)22-17(21-15)13-9-8-11(18(5)6)10-12(13)14(19)20-7/h8-10H,1-7H3. The number of hydrogen-bond acceptors (Lipinski definition) is 5. The van der Waals surface area contributed by atoms with Crippen molar-refractivity contribution in [3.63, 3.8) is 0 Å². The van der Waals surface area contributed by atoms with Gasteiger partial charge in [-0.1, -0.05) is 6.07 Å². The van der Waals surface area contributed by atoms with E-state index in [9.17, 15) is 4.79 Å². The second-order valence-electron chi connectivity index (χ2n) is 6.75. The molecule has 0 atom stereocenters. The number of nitrogens with zero attached hydrogens (tertiary/aromatic N) is 1. The van der Waals surface area contributed by atoms with Crippen LogP contribution in [0.1, 0.15) is 38.1 Å². The first-order valence-corrected chi connectivity index (χ1v) is 7.34. The summed E-state index contributed by atoms with van der Waals surface area (Å²) in [5, 5.41) is 0. The topological polar surface area (TPSA) is 48.0 Å². The molecule has 2 rings (SSSR count). The predicted molar refractivity (Wildman–Crippen MR) is 87.8 cm³/mol. The summed E-state index contributed by atoms with van der Waals surface area (Å²) in [5.41, 5.74) is 1.17. The van der Waals surface area contributed by atoms with Crippen molar-refractivity contribution in [1.29, 1.82) is 0 Å². The molecule has 6 heteroatoms. The van der Waals surface area contributed by atoms with Crippen LogP contribution in [0.4, 0.5) is 5.69 Å². The van der Waals surface area contributed by atoms with E-state index >= 15 is 0 Å². The fourth-order valence-electron chi connectivity index (χ4n) is 2.28. The molecule has 1 fully saturated rings. The van der Waals surface area contributed by atoms with Crippen LogP contribution in [0.15, 0.2) is 18.2 Å². The van der Waals surface area contributed by atoms with E-state index in [0.717, 1.165) is 5.69 Å². The molecule has 0 spiro atoms. The zero-order chi connectivity index (χ0) is 16.7. The van der Waals surface area contributed by atoms with Crippen LogP contribution in [0.25, 0.3) is 0 Å². The van der Waals surface area contributed by atoms with E-state index in [1.165, 1.54) is 7.11 Å². The zero-order valence-electron chi connectivity index (χ0n) is 14.4. The predicted octanol–water partition coefficient (Wildman–Crippen LogP) is 1.84. The molecule has 0 unspecified atom stereocenters. The van der Waals surface area contributed by atoms with Crippen molar-refractivity contribution >= 4 is 24.2 Å². The lowest BCUT2D eigenvalue weighted by molar-refractivity contribution is 0.00578. The van der Waals surface area contributed by atoms with Crippen LogP contribution >= 0.6 is 0 Å². The molecule has 0 aromatic heterocycles. The summed E-state index contributed by atoms with van der Waals surface area (Å²) in [4.78, 5) is 14.1. The van der Waals surface area contributed by atoms with Crippen LogP contribution in [0.3, 0.4) is 0 Å². The summed E-state index contributed by atoms with van der Waals surface area (Å²) >= 11 is 0. The highest BCUT2D eigenvalue weighted by Crippen LogP contribution is 2.36. The van der Waals surface area contributed by atoms with Crippen LogP contribution in [-0.4, -0.2) is 45.5 Å². The normalized spacial score (nSPS) is 19.1. The van der Waals surface area contributed by atoms with Crippen molar-refractivity contribution in [3.8, 4) is 0 Å². The van der Waals surface area contributed by atoms with Gasteiger partial charge in [0.05, 0.1) is 23.9 Å². The average molecular weight is 305 g/mol. The second-order valence-corrected chi connectivity index (χ2v) is 6.75. The number of esters is 1. The van der Waals surface area contributed by atoms with Gasteiger partial charge in [-0.15, -0.1) is 0 Å². The molecule has 0 amide bonds. The van der Waals surface area contributed by atoms with Gasteiger partial charge in [0.25, 0.3) is 0 Å². The molecule has 1 aliphatic heterocycles. The van der Waals surface area contributed by atoms with Crippen molar-refractivity contribution in [2.75, 3.05) is 26.1 Å². The van der Waals surface area contributed by atoms with Gasteiger partial charge >= 0.3 is 13.1 Å². The first-order chi connectivity index (χ1) is 10.1. The Balaban J connectivity index is 2.46. The fraction of sp³-hybridized carbons (Fsp3) is 0.562. The minimum atomic E-state index is -0.588. The summed E-state index contributed by atoms with van der Waals surface area (Å²) < 4.78 is 17.0. The van der Waals surface area contributed by atoms with E-state index in [-0.39, 0.29) is 0 Å². The molecule has 0 bridgehead atoms. The Labute approximate surface area is 132 Å². The van der Waals surface area contributed by atoms with Gasteiger partial charge < -0.3 is 18.9 Å². The summed E-state index contributed by atoms with van der Waals surface area (Å²) in [6.45, 7) is 7.94. The summed E-state index contributed by atoms with van der Waals surface area (Å²) in [5.74, 6) is -0.395. The molecule has 0 radical (unpaired) electrons. The Morgan fingerprint density at radius 1 is 1.14 bits per heavy atom. The van der Waals surface area contributed by atoms with Crippen molar-refractivity contribution in [1.82, 2.24) is 0 Å². The third-order valence-electron chi connectivity index (χ3n) is 4.47. The average Bonchev–Trinajstić information content (AvgIpc) is 2.65. The number of hydrogen-bond donors (Lipinski definition) is 0. The molecule has 0 N–H and O–H groups in total. The number of benzene rings is 1. The molecule has 1 aromatic rings. The third kappa shape index (κ3) is 2.85. The third-order valence-corrected chi connectivity index (χ3v) is 4.47. The van der Waals surface area contributed by atoms with Gasteiger partial charge in [0.1, 0.15) is 0 Å². The molecule has 5 nitrogen and oxygen atoms in total. The Morgan fingerprint density at radius 3 is 2.14 bits per heavy atom. The Kier molecular flexibility index (Phi) is 4.28. The van der Waals surface area contributed by atoms with Crippen molar-refractivity contribution in [2.45, 2.75) is 38.9 Å². The number of anilines is 1. The molecule has 1 aromatic carbocycles. The van der Waals surface area contributed by atoms with Gasteiger partial charge in [-0.25, -0.2) is 4.79 Å². The van der Waals surface area contributed by atoms with Crippen LogP contribution < -0.4 is 10.4 Å². The Morgan fingerprint density at radius 2 is 1.68 bits per heavy atom. The van der Waals surface area contributed by atoms with Crippen molar-refractivity contribution in [3.05, 3.63) is 23.8 Å². The number of ether oxygens (including phenoxy) is 1. The molecule has 0 aliphatic carbocycles. The van der Waals surface area contributed by atoms with E-state index < -0.39 is 24.3 Å². The van der Waals surface area contributed by atoms with Gasteiger partial charge in [0.2, 0.25) is 0 Å². The van der Waals surface area contributed by atoms with E-state index in [0.29, 0.717) is 11.0 Å². The lowest BCUT2D eigenvalue weighted by Gasteiger charge is -2.32. The van der Waals surface area contributed by atoms with Crippen molar-refractivity contribution in [2.24, 2.45) is 0 Å². The zero-order valence-corrected chi connectivity index (χ0v) is 14.4. The fourth-order valence-corrected chi connectivity index (χ4v) is 2.28. The lowest BCUT2D eigenvalue weighted by atomic mass is 9.75. The summed E-state index contributed by atoms with van der Waals surface area (Å²) in [7, 11) is 4.63. The number of carbonyl (C=O) groups is 1. The van der Waals surface area contributed by atoms with Crippen LogP contribution in [0.5, 0.6) is 0 Å². The van der Waals surface area contributed by atoms with E-state index in [2.05, 4.69) is 0 Å². The number of carbonyl (C=O) groups excluding carboxylic acids is 1. The SMILES string of the molecule is COC(=O)c1cc(N(C)C)ccc1B1OC(C)(C)C(C)(C)O1. The maximum absolute atomic E-state index is 12.1. The number of methoxy groups -OCH3 is 1. The highest BCUT2D eigenvalue weighted by atomic mass is 16.7. The van der Waals surface area contributed by atoms with Gasteiger partial charge in [-0.2, -0.15) is 0 Å². The van der Waals surface area contributed by atoms with Crippen LogP contribution in [-0.2, 0) is 14.0 Å². The Hall–Kier alpha value is -1.53. The van der Waals surface area contributed by atoms with Crippen molar-refractivity contribution < 1.29 is 18.8 Å². The first kappa shape index (κ1) is 16.8. The second kappa shape index (κ2) is 5.59. The van der Waals surface area contributed by atoms with Crippen LogP contribution in [0.2, 0.25) is 0 Å². The minimum Gasteiger partial charge on any atom is -0.465 e. The highest BCUT2D eigenvalue weighted by Gasteiger charge is 2.52. The number of rotatable bonds is 3. The van der Waals surface area contributed by atoms with E-state index in [1.807, 2.05) is 58.8 Å². The first-order valence-electron chi connectivity index (χ1n) is 7.34. The Bertz CT molecular complexity index is 568. The lowest BCUT2D eigenvalue weighted by Crippen LogP contribution is -2.41. The van der Waals surface area contributed by atoms with Gasteiger partial charge in [0.15, 0.2) is 0 Å². The molecular weight excluding hydrogens is 281 g/mol. The quantitative estimate of drug-likeness (QED) is 0.630. The highest BCUT2D eigenvalue weighted by molar-refractivity contribution is 6.63. The van der Waals surface area contributed by atoms with Gasteiger partial charge in [-0.05, 0) is 45.3 Å². The molecule has 0 saturated carbocycles. The molecule has 120 valence electrons. The molecule has 1 aliphatic rings. The maximum atomic E-state index is 12.1. The van der Waals surface area contributed by atoms with Gasteiger partial charge in [-0.3, -0.25) is 0 Å². The maximum Gasteiger partial charge on any atom is 0.495 e. The summed E-state index contributed by atoms with van der Waals surface area (Å²) in [6.07, 6.45) is 0. The molecular formula is C16H24BNO4. The smallest absolute Gasteiger partial charge is 0.465 e. The van der Waals surface area contributed by atoms with Gasteiger partial charge in [0, 0.05) is 19.8 Å². The molecule has 1 heterocycles. The van der Waals surface area contributed by atoms with E-state index in [4.69, 9.17) is 14.0 Å². The largest absolute Gasteiger partial charge is 0.495 e. The molecule has 1 saturated heterocycles.